The van der Waals surface area contributed by atoms with Gasteiger partial charge in [0.15, 0.2) is 0 Å². The van der Waals surface area contributed by atoms with Crippen LogP contribution in [0.3, 0.4) is 0 Å². The minimum Gasteiger partial charge on any atom is -0.310 e. The van der Waals surface area contributed by atoms with Gasteiger partial charge in [-0.05, 0) is 19.0 Å². The number of hydrogen-bond acceptors (Lipinski definition) is 3. The minimum atomic E-state index is -0.596. The molecule has 0 radical (unpaired) electrons. The van der Waals surface area contributed by atoms with E-state index >= 15 is 0 Å². The monoisotopic (exact) mass is 196 g/mol. The number of halogens is 1. The molecule has 2 rings (SSSR count). The molecule has 1 aromatic carbocycles. The van der Waals surface area contributed by atoms with Gasteiger partial charge in [0, 0.05) is 17.7 Å². The topological polar surface area (TPSA) is 55.2 Å². The van der Waals surface area contributed by atoms with Crippen molar-refractivity contribution in [3.05, 3.63) is 39.7 Å². The Balaban J connectivity index is 2.30. The summed E-state index contributed by atoms with van der Waals surface area (Å²) in [5.74, 6) is -0.503. The Kier molecular flexibility index (Phi) is 2.17. The Morgan fingerprint density at radius 1 is 1.57 bits per heavy atom. The van der Waals surface area contributed by atoms with Gasteiger partial charge in [0.25, 0.3) is 5.69 Å². The summed E-state index contributed by atoms with van der Waals surface area (Å²) in [6.07, 6.45) is 0.884. The molecule has 0 saturated carbocycles. The number of nitro benzene ring substituents is 1. The summed E-state index contributed by atoms with van der Waals surface area (Å²) in [5.41, 5.74) is 0.312. The van der Waals surface area contributed by atoms with E-state index in [1.165, 1.54) is 12.1 Å². The maximum absolute atomic E-state index is 13.3. The van der Waals surface area contributed by atoms with Crippen molar-refractivity contribution in [2.24, 2.45) is 0 Å². The highest BCUT2D eigenvalue weighted by molar-refractivity contribution is 5.36. The third kappa shape index (κ3) is 1.46. The van der Waals surface area contributed by atoms with Gasteiger partial charge in [-0.2, -0.15) is 0 Å². The molecule has 0 aliphatic carbocycles. The van der Waals surface area contributed by atoms with Crippen LogP contribution in [0, 0.1) is 15.9 Å². The summed E-state index contributed by atoms with van der Waals surface area (Å²) < 4.78 is 13.3. The van der Waals surface area contributed by atoms with Gasteiger partial charge < -0.3 is 5.32 Å². The van der Waals surface area contributed by atoms with Crippen molar-refractivity contribution in [1.29, 1.82) is 0 Å². The zero-order chi connectivity index (χ0) is 10.1. The predicted octanol–water partition coefficient (Wildman–Crippen LogP) is 1.77. The van der Waals surface area contributed by atoms with E-state index in [1.807, 2.05) is 0 Å². The zero-order valence-corrected chi connectivity index (χ0v) is 7.37. The first-order valence-electron chi connectivity index (χ1n) is 4.35. The lowest BCUT2D eigenvalue weighted by molar-refractivity contribution is -0.385. The number of nitrogens with one attached hydrogen (secondary N) is 1. The fourth-order valence-corrected chi connectivity index (χ4v) is 1.47. The van der Waals surface area contributed by atoms with E-state index in [0.717, 1.165) is 19.0 Å². The molecule has 4 nitrogen and oxygen atoms in total. The summed E-state index contributed by atoms with van der Waals surface area (Å²) in [6, 6.07) is 3.80. The maximum Gasteiger partial charge on any atom is 0.272 e. The molecule has 1 aromatic rings. The van der Waals surface area contributed by atoms with Crippen molar-refractivity contribution < 1.29 is 9.31 Å². The first-order chi connectivity index (χ1) is 6.68. The van der Waals surface area contributed by atoms with Crippen molar-refractivity contribution in [3.8, 4) is 0 Å². The fourth-order valence-electron chi connectivity index (χ4n) is 1.47. The second-order valence-electron chi connectivity index (χ2n) is 3.26. The summed E-state index contributed by atoms with van der Waals surface area (Å²) in [6.45, 7) is 0.876. The van der Waals surface area contributed by atoms with Gasteiger partial charge in [-0.15, -0.1) is 0 Å². The molecule has 1 fully saturated rings. The lowest BCUT2D eigenvalue weighted by Gasteiger charge is -2.28. The third-order valence-electron chi connectivity index (χ3n) is 2.39. The van der Waals surface area contributed by atoms with Crippen molar-refractivity contribution >= 4 is 5.69 Å². The van der Waals surface area contributed by atoms with Crippen LogP contribution in [0.15, 0.2) is 18.2 Å². The normalized spacial score (nSPS) is 20.2. The molecule has 1 heterocycles. The Labute approximate surface area is 79.9 Å². The van der Waals surface area contributed by atoms with Crippen LogP contribution in [0.2, 0.25) is 0 Å². The smallest absolute Gasteiger partial charge is 0.272 e. The number of nitrogens with zero attached hydrogens (tertiary/aromatic N) is 1. The highest BCUT2D eigenvalue weighted by Gasteiger charge is 2.22. The molecule has 1 N–H and O–H groups in total. The molecular formula is C9H9FN2O2. The third-order valence-corrected chi connectivity index (χ3v) is 2.39. The van der Waals surface area contributed by atoms with E-state index in [4.69, 9.17) is 0 Å². The molecule has 0 bridgehead atoms. The Morgan fingerprint density at radius 2 is 2.29 bits per heavy atom. The molecule has 0 spiro atoms. The largest absolute Gasteiger partial charge is 0.310 e. The van der Waals surface area contributed by atoms with Gasteiger partial charge in [-0.25, -0.2) is 4.39 Å². The van der Waals surface area contributed by atoms with E-state index in [9.17, 15) is 14.5 Å². The van der Waals surface area contributed by atoms with Gasteiger partial charge >= 0.3 is 0 Å². The van der Waals surface area contributed by atoms with E-state index in [0.29, 0.717) is 5.56 Å². The Morgan fingerprint density at radius 3 is 2.71 bits per heavy atom. The molecule has 0 amide bonds. The molecule has 14 heavy (non-hydrogen) atoms. The molecule has 74 valence electrons. The van der Waals surface area contributed by atoms with Crippen LogP contribution in [0.5, 0.6) is 0 Å². The van der Waals surface area contributed by atoms with Gasteiger partial charge in [0.2, 0.25) is 0 Å². The summed E-state index contributed by atoms with van der Waals surface area (Å²) in [5, 5.41) is 13.4. The first kappa shape index (κ1) is 9.08. The quantitative estimate of drug-likeness (QED) is 0.579. The standard InChI is InChI=1S/C9H9FN2O2/c10-8-5-6(12(13)14)1-2-7(8)9-3-4-11-9/h1-2,5,9,11H,3-4H2. The van der Waals surface area contributed by atoms with Gasteiger partial charge in [0.1, 0.15) is 5.82 Å². The maximum atomic E-state index is 13.3. The SMILES string of the molecule is O=[N+]([O-])c1ccc(C2CCN2)c(F)c1. The summed E-state index contributed by atoms with van der Waals surface area (Å²) >= 11 is 0. The average Bonchev–Trinajstić information content (AvgIpc) is 2.04. The fraction of sp³-hybridized carbons (Fsp3) is 0.333. The van der Waals surface area contributed by atoms with Crippen LogP contribution in [0.25, 0.3) is 0 Å². The van der Waals surface area contributed by atoms with E-state index in [-0.39, 0.29) is 11.7 Å². The molecular weight excluding hydrogens is 187 g/mol. The molecule has 1 saturated heterocycles. The highest BCUT2D eigenvalue weighted by Crippen LogP contribution is 2.27. The Hall–Kier alpha value is -1.49. The van der Waals surface area contributed by atoms with Crippen LogP contribution in [0.1, 0.15) is 18.0 Å². The van der Waals surface area contributed by atoms with Crippen LogP contribution in [-0.4, -0.2) is 11.5 Å². The van der Waals surface area contributed by atoms with Crippen LogP contribution in [0.4, 0.5) is 10.1 Å². The van der Waals surface area contributed by atoms with E-state index < -0.39 is 10.7 Å². The predicted molar refractivity (Wildman–Crippen MR) is 48.4 cm³/mol. The number of non-ortho nitro benzene ring substituents is 1. The van der Waals surface area contributed by atoms with Crippen LogP contribution in [-0.2, 0) is 0 Å². The lowest BCUT2D eigenvalue weighted by atomic mass is 9.97. The minimum absolute atomic E-state index is 0.0239. The van der Waals surface area contributed by atoms with Gasteiger partial charge in [0.05, 0.1) is 11.0 Å². The first-order valence-corrected chi connectivity index (χ1v) is 4.35. The molecule has 1 atom stereocenters. The van der Waals surface area contributed by atoms with Crippen molar-refractivity contribution in [3.63, 3.8) is 0 Å². The van der Waals surface area contributed by atoms with E-state index in [2.05, 4.69) is 5.32 Å². The molecule has 0 aromatic heterocycles. The summed E-state index contributed by atoms with van der Waals surface area (Å²) in [4.78, 5) is 9.74. The second-order valence-corrected chi connectivity index (χ2v) is 3.26. The summed E-state index contributed by atoms with van der Waals surface area (Å²) in [7, 11) is 0. The second kappa shape index (κ2) is 3.34. The van der Waals surface area contributed by atoms with Crippen molar-refractivity contribution in [1.82, 2.24) is 5.32 Å². The van der Waals surface area contributed by atoms with Crippen LogP contribution >= 0.6 is 0 Å². The number of nitro groups is 1. The zero-order valence-electron chi connectivity index (χ0n) is 7.37. The Bertz CT molecular complexity index is 377. The lowest BCUT2D eigenvalue weighted by Crippen LogP contribution is -2.35. The molecule has 1 aliphatic heterocycles. The number of rotatable bonds is 2. The van der Waals surface area contributed by atoms with Gasteiger partial charge in [-0.1, -0.05) is 0 Å². The van der Waals surface area contributed by atoms with Gasteiger partial charge in [-0.3, -0.25) is 10.1 Å². The molecule has 1 aliphatic rings. The van der Waals surface area contributed by atoms with E-state index in [1.54, 1.807) is 0 Å². The number of benzene rings is 1. The average molecular weight is 196 g/mol. The van der Waals surface area contributed by atoms with Crippen molar-refractivity contribution in [2.75, 3.05) is 6.54 Å². The highest BCUT2D eigenvalue weighted by atomic mass is 19.1. The van der Waals surface area contributed by atoms with Crippen LogP contribution < -0.4 is 5.32 Å². The number of hydrogen-bond donors (Lipinski definition) is 1. The molecule has 5 heteroatoms. The van der Waals surface area contributed by atoms with Crippen molar-refractivity contribution in [2.45, 2.75) is 12.5 Å². The molecule has 1 unspecified atom stereocenters.